The van der Waals surface area contributed by atoms with Gasteiger partial charge in [0.2, 0.25) is 0 Å². The fourth-order valence-corrected chi connectivity index (χ4v) is 2.68. The fourth-order valence-electron chi connectivity index (χ4n) is 2.30. The zero-order chi connectivity index (χ0) is 15.2. The molecular formula is C16H18BrNO3. The van der Waals surface area contributed by atoms with E-state index in [-0.39, 0.29) is 5.91 Å². The van der Waals surface area contributed by atoms with Gasteiger partial charge in [0.15, 0.2) is 0 Å². The number of hydrogen-bond acceptors (Lipinski definition) is 3. The average Bonchev–Trinajstić information content (AvgIpc) is 2.99. The number of carbonyl (C=O) groups is 2. The van der Waals surface area contributed by atoms with Crippen molar-refractivity contribution in [3.05, 3.63) is 39.9 Å². The standard InChI is InChI=1S/C16H18BrNO3/c1-2-21-15(19)8-5-12-11-13(17)6-7-14(12)16(20)18-9-3-4-10-18/h5-8,11H,2-4,9-10H2,1H3. The van der Waals surface area contributed by atoms with Gasteiger partial charge in [-0.15, -0.1) is 0 Å². The van der Waals surface area contributed by atoms with E-state index in [9.17, 15) is 9.59 Å². The lowest BCUT2D eigenvalue weighted by atomic mass is 10.1. The Balaban J connectivity index is 2.24. The lowest BCUT2D eigenvalue weighted by Gasteiger charge is -2.16. The van der Waals surface area contributed by atoms with Crippen molar-refractivity contribution in [2.75, 3.05) is 19.7 Å². The maximum Gasteiger partial charge on any atom is 0.330 e. The Morgan fingerprint density at radius 1 is 1.33 bits per heavy atom. The Morgan fingerprint density at radius 3 is 2.71 bits per heavy atom. The van der Waals surface area contributed by atoms with Crippen molar-refractivity contribution in [3.8, 4) is 0 Å². The predicted octanol–water partition coefficient (Wildman–Crippen LogP) is 3.26. The normalized spacial score (nSPS) is 14.7. The number of esters is 1. The molecule has 1 saturated heterocycles. The Morgan fingerprint density at radius 2 is 2.05 bits per heavy atom. The van der Waals surface area contributed by atoms with Gasteiger partial charge in [-0.05, 0) is 49.6 Å². The van der Waals surface area contributed by atoms with Crippen molar-refractivity contribution in [1.29, 1.82) is 0 Å². The van der Waals surface area contributed by atoms with Gasteiger partial charge >= 0.3 is 5.97 Å². The highest BCUT2D eigenvalue weighted by Crippen LogP contribution is 2.21. The number of hydrogen-bond donors (Lipinski definition) is 0. The summed E-state index contributed by atoms with van der Waals surface area (Å²) < 4.78 is 5.73. The van der Waals surface area contributed by atoms with Crippen LogP contribution < -0.4 is 0 Å². The van der Waals surface area contributed by atoms with E-state index in [4.69, 9.17) is 4.74 Å². The smallest absolute Gasteiger partial charge is 0.330 e. The highest BCUT2D eigenvalue weighted by atomic mass is 79.9. The van der Waals surface area contributed by atoms with Crippen molar-refractivity contribution in [1.82, 2.24) is 4.90 Å². The summed E-state index contributed by atoms with van der Waals surface area (Å²) in [5, 5.41) is 0. The average molecular weight is 352 g/mol. The summed E-state index contributed by atoms with van der Waals surface area (Å²) in [6.45, 7) is 3.69. The van der Waals surface area contributed by atoms with Crippen LogP contribution in [0.1, 0.15) is 35.7 Å². The quantitative estimate of drug-likeness (QED) is 0.617. The molecule has 1 aliphatic rings. The van der Waals surface area contributed by atoms with E-state index in [1.165, 1.54) is 6.08 Å². The molecule has 2 rings (SSSR count). The van der Waals surface area contributed by atoms with E-state index in [1.807, 2.05) is 17.0 Å². The molecule has 0 aliphatic carbocycles. The molecule has 21 heavy (non-hydrogen) atoms. The van der Waals surface area contributed by atoms with Gasteiger partial charge in [-0.2, -0.15) is 0 Å². The molecule has 0 spiro atoms. The van der Waals surface area contributed by atoms with Gasteiger partial charge in [0.05, 0.1) is 6.61 Å². The third-order valence-electron chi connectivity index (χ3n) is 3.32. The molecule has 0 aromatic heterocycles. The van der Waals surface area contributed by atoms with Crippen LogP contribution in [0.25, 0.3) is 6.08 Å². The van der Waals surface area contributed by atoms with Gasteiger partial charge in [-0.1, -0.05) is 15.9 Å². The van der Waals surface area contributed by atoms with Crippen molar-refractivity contribution < 1.29 is 14.3 Å². The second-order valence-corrected chi connectivity index (χ2v) is 5.73. The molecule has 0 saturated carbocycles. The SMILES string of the molecule is CCOC(=O)C=Cc1cc(Br)ccc1C(=O)N1CCCC1. The van der Waals surface area contributed by atoms with Crippen LogP contribution in [0.2, 0.25) is 0 Å². The van der Waals surface area contributed by atoms with Gasteiger partial charge in [-0.3, -0.25) is 4.79 Å². The zero-order valence-electron chi connectivity index (χ0n) is 12.0. The number of rotatable bonds is 4. The molecule has 1 aromatic rings. The molecule has 0 unspecified atom stereocenters. The monoisotopic (exact) mass is 351 g/mol. The Bertz CT molecular complexity index is 563. The molecular weight excluding hydrogens is 334 g/mol. The molecule has 0 atom stereocenters. The van der Waals surface area contributed by atoms with Gasteiger partial charge in [0.1, 0.15) is 0 Å². The minimum atomic E-state index is -0.406. The van der Waals surface area contributed by atoms with Crippen LogP contribution >= 0.6 is 15.9 Å². The number of likely N-dealkylation sites (tertiary alicyclic amines) is 1. The number of carbonyl (C=O) groups excluding carboxylic acids is 2. The van der Waals surface area contributed by atoms with Crippen LogP contribution in [-0.4, -0.2) is 36.5 Å². The van der Waals surface area contributed by atoms with E-state index in [0.29, 0.717) is 17.7 Å². The number of nitrogens with zero attached hydrogens (tertiary/aromatic N) is 1. The third kappa shape index (κ3) is 4.17. The zero-order valence-corrected chi connectivity index (χ0v) is 13.6. The number of ether oxygens (including phenoxy) is 1. The van der Waals surface area contributed by atoms with Crippen molar-refractivity contribution >= 4 is 33.9 Å². The predicted molar refractivity (Wildman–Crippen MR) is 84.9 cm³/mol. The number of benzene rings is 1. The van der Waals surface area contributed by atoms with Crippen LogP contribution in [0.5, 0.6) is 0 Å². The number of amides is 1. The number of halogens is 1. The maximum atomic E-state index is 12.5. The molecule has 5 heteroatoms. The van der Waals surface area contributed by atoms with E-state index in [0.717, 1.165) is 30.4 Å². The molecule has 0 radical (unpaired) electrons. The maximum absolute atomic E-state index is 12.5. The summed E-state index contributed by atoms with van der Waals surface area (Å²) in [6, 6.07) is 5.46. The van der Waals surface area contributed by atoms with E-state index >= 15 is 0 Å². The largest absolute Gasteiger partial charge is 0.463 e. The highest BCUT2D eigenvalue weighted by molar-refractivity contribution is 9.10. The summed E-state index contributed by atoms with van der Waals surface area (Å²) in [4.78, 5) is 25.8. The van der Waals surface area contributed by atoms with Crippen molar-refractivity contribution in [2.45, 2.75) is 19.8 Å². The van der Waals surface area contributed by atoms with Crippen molar-refractivity contribution in [2.24, 2.45) is 0 Å². The molecule has 0 N–H and O–H groups in total. The molecule has 0 bridgehead atoms. The first-order valence-corrected chi connectivity index (χ1v) is 7.84. The van der Waals surface area contributed by atoms with Gasteiger partial charge in [0.25, 0.3) is 5.91 Å². The third-order valence-corrected chi connectivity index (χ3v) is 3.82. The summed E-state index contributed by atoms with van der Waals surface area (Å²) in [6.07, 6.45) is 5.09. The highest BCUT2D eigenvalue weighted by Gasteiger charge is 2.21. The Labute approximate surface area is 132 Å². The lowest BCUT2D eigenvalue weighted by Crippen LogP contribution is -2.28. The molecule has 112 valence electrons. The Kier molecular flexibility index (Phi) is 5.56. The minimum Gasteiger partial charge on any atom is -0.463 e. The molecule has 4 nitrogen and oxygen atoms in total. The second-order valence-electron chi connectivity index (χ2n) is 4.82. The molecule has 1 fully saturated rings. The first kappa shape index (κ1) is 15.8. The summed E-state index contributed by atoms with van der Waals surface area (Å²) in [5.74, 6) is -0.388. The van der Waals surface area contributed by atoms with Crippen LogP contribution in [0.15, 0.2) is 28.7 Å². The first-order valence-electron chi connectivity index (χ1n) is 7.05. The first-order chi connectivity index (χ1) is 10.1. The van der Waals surface area contributed by atoms with Crippen LogP contribution in [0.3, 0.4) is 0 Å². The topological polar surface area (TPSA) is 46.6 Å². The van der Waals surface area contributed by atoms with E-state index in [1.54, 1.807) is 19.1 Å². The van der Waals surface area contributed by atoms with Gasteiger partial charge in [0, 0.05) is 29.2 Å². The van der Waals surface area contributed by atoms with Gasteiger partial charge in [-0.25, -0.2) is 4.79 Å². The summed E-state index contributed by atoms with van der Waals surface area (Å²) in [5.41, 5.74) is 1.33. The van der Waals surface area contributed by atoms with Gasteiger partial charge < -0.3 is 9.64 Å². The van der Waals surface area contributed by atoms with E-state index in [2.05, 4.69) is 15.9 Å². The Hall–Kier alpha value is -1.62. The second kappa shape index (κ2) is 7.41. The lowest BCUT2D eigenvalue weighted by molar-refractivity contribution is -0.137. The summed E-state index contributed by atoms with van der Waals surface area (Å²) >= 11 is 3.39. The van der Waals surface area contributed by atoms with Crippen LogP contribution in [0.4, 0.5) is 0 Å². The summed E-state index contributed by atoms with van der Waals surface area (Å²) in [7, 11) is 0. The van der Waals surface area contributed by atoms with Crippen LogP contribution in [0, 0.1) is 0 Å². The molecule has 1 aliphatic heterocycles. The molecule has 1 amide bonds. The fraction of sp³-hybridized carbons (Fsp3) is 0.375. The van der Waals surface area contributed by atoms with Crippen molar-refractivity contribution in [3.63, 3.8) is 0 Å². The van der Waals surface area contributed by atoms with E-state index < -0.39 is 5.97 Å². The molecule has 1 heterocycles. The minimum absolute atomic E-state index is 0.0171. The molecule has 1 aromatic carbocycles. The van der Waals surface area contributed by atoms with Crippen LogP contribution in [-0.2, 0) is 9.53 Å².